The Bertz CT molecular complexity index is 743. The van der Waals surface area contributed by atoms with Crippen LogP contribution < -0.4 is 5.32 Å². The minimum atomic E-state index is -0.586. The van der Waals surface area contributed by atoms with Crippen LogP contribution in [0.5, 0.6) is 0 Å². The van der Waals surface area contributed by atoms with Crippen LogP contribution in [0, 0.1) is 18.3 Å². The zero-order chi connectivity index (χ0) is 15.4. The highest BCUT2D eigenvalue weighted by Gasteiger charge is 2.18. The Labute approximate surface area is 120 Å². The van der Waals surface area contributed by atoms with Crippen molar-refractivity contribution in [2.24, 2.45) is 0 Å². The number of aryl methyl sites for hydroxylation is 1. The molecule has 2 rings (SSSR count). The third-order valence-electron chi connectivity index (χ3n) is 2.71. The Morgan fingerprint density at radius 2 is 2.19 bits per heavy atom. The van der Waals surface area contributed by atoms with Crippen molar-refractivity contribution < 1.29 is 14.3 Å². The van der Waals surface area contributed by atoms with Gasteiger partial charge in [0.25, 0.3) is 5.91 Å². The van der Waals surface area contributed by atoms with Crippen LogP contribution in [0.15, 0.2) is 24.4 Å². The third-order valence-corrected chi connectivity index (χ3v) is 2.71. The lowest BCUT2D eigenvalue weighted by molar-refractivity contribution is 0.0596. The molecule has 0 aromatic carbocycles. The molecule has 0 saturated carbocycles. The Balaban J connectivity index is 2.27. The van der Waals surface area contributed by atoms with Crippen molar-refractivity contribution in [2.75, 3.05) is 12.4 Å². The first-order valence-corrected chi connectivity index (χ1v) is 6.00. The van der Waals surface area contributed by atoms with E-state index >= 15 is 0 Å². The standard InChI is InChI=1S/C14H12N4O3/c1-8-5-10(12(17-8)14(20)21-2)18-13(19)11-6-9(7-15)3-4-16-11/h3-6,17H,1-2H3,(H,18,19). The number of methoxy groups -OCH3 is 1. The molecule has 1 amide bonds. The molecule has 0 atom stereocenters. The van der Waals surface area contributed by atoms with Crippen LogP contribution in [-0.4, -0.2) is 29.0 Å². The topological polar surface area (TPSA) is 108 Å². The summed E-state index contributed by atoms with van der Waals surface area (Å²) in [5, 5.41) is 11.4. The number of rotatable bonds is 3. The summed E-state index contributed by atoms with van der Waals surface area (Å²) >= 11 is 0. The van der Waals surface area contributed by atoms with Gasteiger partial charge in [-0.2, -0.15) is 5.26 Å². The van der Waals surface area contributed by atoms with Crippen LogP contribution in [-0.2, 0) is 4.74 Å². The van der Waals surface area contributed by atoms with Gasteiger partial charge in [0.05, 0.1) is 24.4 Å². The smallest absolute Gasteiger partial charge is 0.356 e. The number of hydrogen-bond acceptors (Lipinski definition) is 5. The second kappa shape index (κ2) is 5.88. The number of nitrogens with one attached hydrogen (secondary N) is 2. The fourth-order valence-corrected chi connectivity index (χ4v) is 1.76. The molecule has 2 N–H and O–H groups in total. The summed E-state index contributed by atoms with van der Waals surface area (Å²) in [6, 6.07) is 6.40. The molecule has 0 unspecified atom stereocenters. The van der Waals surface area contributed by atoms with Gasteiger partial charge in [-0.05, 0) is 25.1 Å². The molecule has 2 aromatic rings. The first-order chi connectivity index (χ1) is 10.0. The number of ether oxygens (including phenoxy) is 1. The van der Waals surface area contributed by atoms with Gasteiger partial charge in [-0.25, -0.2) is 4.79 Å². The van der Waals surface area contributed by atoms with Gasteiger partial charge in [0, 0.05) is 11.9 Å². The SMILES string of the molecule is COC(=O)c1[nH]c(C)cc1NC(=O)c1cc(C#N)ccn1. The molecule has 7 heteroatoms. The number of carbonyl (C=O) groups is 2. The number of hydrogen-bond donors (Lipinski definition) is 2. The van der Waals surface area contributed by atoms with E-state index in [9.17, 15) is 9.59 Å². The van der Waals surface area contributed by atoms with Crippen LogP contribution in [0.25, 0.3) is 0 Å². The summed E-state index contributed by atoms with van der Waals surface area (Å²) in [5.74, 6) is -1.10. The average molecular weight is 284 g/mol. The highest BCUT2D eigenvalue weighted by atomic mass is 16.5. The fraction of sp³-hybridized carbons (Fsp3) is 0.143. The summed E-state index contributed by atoms with van der Waals surface area (Å²) in [6.45, 7) is 1.75. The van der Waals surface area contributed by atoms with Crippen molar-refractivity contribution in [3.05, 3.63) is 47.0 Å². The number of H-pyrrole nitrogens is 1. The van der Waals surface area contributed by atoms with Crippen molar-refractivity contribution in [1.82, 2.24) is 9.97 Å². The number of amides is 1. The van der Waals surface area contributed by atoms with Crippen LogP contribution in [0.3, 0.4) is 0 Å². The third kappa shape index (κ3) is 3.06. The van der Waals surface area contributed by atoms with E-state index in [1.807, 2.05) is 6.07 Å². The lowest BCUT2D eigenvalue weighted by Crippen LogP contribution is -2.16. The molecule has 0 aliphatic heterocycles. The maximum atomic E-state index is 12.1. The van der Waals surface area contributed by atoms with Gasteiger partial charge in [-0.1, -0.05) is 0 Å². The van der Waals surface area contributed by atoms with Crippen molar-refractivity contribution in [1.29, 1.82) is 5.26 Å². The Kier molecular flexibility index (Phi) is 4.00. The van der Waals surface area contributed by atoms with Gasteiger partial charge in [-0.3, -0.25) is 9.78 Å². The van der Waals surface area contributed by atoms with E-state index in [4.69, 9.17) is 5.26 Å². The number of aromatic amines is 1. The van der Waals surface area contributed by atoms with E-state index in [1.165, 1.54) is 25.4 Å². The Morgan fingerprint density at radius 1 is 1.43 bits per heavy atom. The molecule has 2 heterocycles. The summed E-state index contributed by atoms with van der Waals surface area (Å²) in [7, 11) is 1.25. The molecule has 0 fully saturated rings. The highest BCUT2D eigenvalue weighted by Crippen LogP contribution is 2.18. The number of esters is 1. The van der Waals surface area contributed by atoms with Crippen molar-refractivity contribution in [3.8, 4) is 6.07 Å². The minimum absolute atomic E-state index is 0.0868. The lowest BCUT2D eigenvalue weighted by Gasteiger charge is -2.05. The van der Waals surface area contributed by atoms with E-state index in [0.29, 0.717) is 16.9 Å². The van der Waals surface area contributed by atoms with E-state index in [0.717, 1.165) is 0 Å². The van der Waals surface area contributed by atoms with Gasteiger partial charge < -0.3 is 15.0 Å². The lowest BCUT2D eigenvalue weighted by atomic mass is 10.2. The molecule has 0 aliphatic rings. The second-order valence-electron chi connectivity index (χ2n) is 4.23. The van der Waals surface area contributed by atoms with Gasteiger partial charge >= 0.3 is 5.97 Å². The first-order valence-electron chi connectivity index (χ1n) is 6.00. The van der Waals surface area contributed by atoms with Crippen molar-refractivity contribution in [3.63, 3.8) is 0 Å². The fourth-order valence-electron chi connectivity index (χ4n) is 1.76. The zero-order valence-corrected chi connectivity index (χ0v) is 11.4. The van der Waals surface area contributed by atoms with E-state index in [1.54, 1.807) is 13.0 Å². The summed E-state index contributed by atoms with van der Waals surface area (Å²) in [6.07, 6.45) is 1.37. The van der Waals surface area contributed by atoms with Crippen molar-refractivity contribution >= 4 is 17.6 Å². The largest absolute Gasteiger partial charge is 0.464 e. The van der Waals surface area contributed by atoms with E-state index in [-0.39, 0.29) is 11.4 Å². The minimum Gasteiger partial charge on any atom is -0.464 e. The molecule has 7 nitrogen and oxygen atoms in total. The summed E-state index contributed by atoms with van der Waals surface area (Å²) < 4.78 is 4.63. The van der Waals surface area contributed by atoms with Crippen molar-refractivity contribution in [2.45, 2.75) is 6.92 Å². The number of aromatic nitrogens is 2. The predicted molar refractivity (Wildman–Crippen MR) is 73.8 cm³/mol. The second-order valence-corrected chi connectivity index (χ2v) is 4.23. The monoisotopic (exact) mass is 284 g/mol. The normalized spacial score (nSPS) is 9.76. The predicted octanol–water partition coefficient (Wildman–Crippen LogP) is 1.63. The molecule has 0 aliphatic carbocycles. The molecule has 0 radical (unpaired) electrons. The van der Waals surface area contributed by atoms with Gasteiger partial charge in [0.2, 0.25) is 0 Å². The van der Waals surface area contributed by atoms with Crippen LogP contribution in [0.2, 0.25) is 0 Å². The van der Waals surface area contributed by atoms with Gasteiger partial charge in [0.15, 0.2) is 0 Å². The number of anilines is 1. The Hall–Kier alpha value is -3.14. The van der Waals surface area contributed by atoms with Crippen LogP contribution in [0.4, 0.5) is 5.69 Å². The molecular weight excluding hydrogens is 272 g/mol. The molecular formula is C14H12N4O3. The van der Waals surface area contributed by atoms with Gasteiger partial charge in [-0.15, -0.1) is 0 Å². The van der Waals surface area contributed by atoms with Crippen LogP contribution in [0.1, 0.15) is 32.2 Å². The maximum absolute atomic E-state index is 12.1. The Morgan fingerprint density at radius 3 is 2.86 bits per heavy atom. The molecule has 0 saturated heterocycles. The number of nitrogens with zero attached hydrogens (tertiary/aromatic N) is 2. The molecule has 2 aromatic heterocycles. The first kappa shape index (κ1) is 14.3. The summed E-state index contributed by atoms with van der Waals surface area (Å²) in [5.41, 5.74) is 1.56. The summed E-state index contributed by atoms with van der Waals surface area (Å²) in [4.78, 5) is 30.4. The molecule has 0 bridgehead atoms. The maximum Gasteiger partial charge on any atom is 0.356 e. The van der Waals surface area contributed by atoms with Gasteiger partial charge in [0.1, 0.15) is 11.4 Å². The average Bonchev–Trinajstić information content (AvgIpc) is 2.87. The highest BCUT2D eigenvalue weighted by molar-refractivity contribution is 6.06. The quantitative estimate of drug-likeness (QED) is 0.833. The molecule has 21 heavy (non-hydrogen) atoms. The number of carbonyl (C=O) groups excluding carboxylic acids is 2. The van der Waals surface area contributed by atoms with E-state index < -0.39 is 11.9 Å². The number of pyridine rings is 1. The zero-order valence-electron chi connectivity index (χ0n) is 11.4. The number of nitriles is 1. The van der Waals surface area contributed by atoms with Crippen LogP contribution >= 0.6 is 0 Å². The molecule has 106 valence electrons. The van der Waals surface area contributed by atoms with E-state index in [2.05, 4.69) is 20.0 Å². The molecule has 0 spiro atoms.